The van der Waals surface area contributed by atoms with E-state index in [-0.39, 0.29) is 47.9 Å². The molecular weight excluding hydrogens is 390 g/mol. The molecule has 29 heavy (non-hydrogen) atoms. The van der Waals surface area contributed by atoms with Gasteiger partial charge in [0.05, 0.1) is 11.6 Å². The van der Waals surface area contributed by atoms with Crippen LogP contribution in [0, 0.1) is 5.82 Å². The Morgan fingerprint density at radius 3 is 2.59 bits per heavy atom. The Balaban J connectivity index is 1.58. The Morgan fingerprint density at radius 2 is 1.90 bits per heavy atom. The van der Waals surface area contributed by atoms with Crippen molar-refractivity contribution in [3.63, 3.8) is 0 Å². The number of hydrogen-bond acceptors (Lipinski definition) is 4. The fourth-order valence-corrected chi connectivity index (χ4v) is 2.68. The molecule has 1 heterocycles. The number of aryl methyl sites for hydroxylation is 1. The molecule has 9 heteroatoms. The summed E-state index contributed by atoms with van der Waals surface area (Å²) in [7, 11) is 0. The van der Waals surface area contributed by atoms with E-state index in [2.05, 4.69) is 15.5 Å². The molecule has 0 unspecified atom stereocenters. The van der Waals surface area contributed by atoms with Gasteiger partial charge in [0.15, 0.2) is 0 Å². The molecule has 5 nitrogen and oxygen atoms in total. The molecular formula is C20H17F4N3O2. The lowest BCUT2D eigenvalue weighted by atomic mass is 10.1. The van der Waals surface area contributed by atoms with Crippen LogP contribution in [-0.4, -0.2) is 16.0 Å². The van der Waals surface area contributed by atoms with Crippen LogP contribution in [0.4, 0.5) is 17.6 Å². The van der Waals surface area contributed by atoms with Gasteiger partial charge in [-0.1, -0.05) is 29.4 Å². The number of rotatable bonds is 6. The highest BCUT2D eigenvalue weighted by atomic mass is 19.4. The summed E-state index contributed by atoms with van der Waals surface area (Å²) in [6, 6.07) is 10.1. The molecule has 152 valence electrons. The minimum Gasteiger partial charge on any atom is -0.350 e. The Morgan fingerprint density at radius 1 is 1.17 bits per heavy atom. The molecule has 0 saturated carbocycles. The highest BCUT2D eigenvalue weighted by molar-refractivity contribution is 5.76. The Bertz CT molecular complexity index is 984. The quantitative estimate of drug-likeness (QED) is 0.602. The van der Waals surface area contributed by atoms with Crippen LogP contribution in [0.1, 0.15) is 36.4 Å². The van der Waals surface area contributed by atoms with Gasteiger partial charge in [-0.15, -0.1) is 0 Å². The van der Waals surface area contributed by atoms with E-state index in [9.17, 15) is 22.4 Å². The molecule has 3 rings (SSSR count). The van der Waals surface area contributed by atoms with E-state index in [1.54, 1.807) is 19.1 Å². The van der Waals surface area contributed by atoms with E-state index >= 15 is 0 Å². The van der Waals surface area contributed by atoms with Crippen LogP contribution >= 0.6 is 0 Å². The number of hydrogen-bond donors (Lipinski definition) is 1. The molecule has 1 aromatic heterocycles. The first-order valence-corrected chi connectivity index (χ1v) is 8.77. The molecule has 0 fully saturated rings. The minimum atomic E-state index is -4.47. The van der Waals surface area contributed by atoms with Crippen molar-refractivity contribution in [2.75, 3.05) is 0 Å². The zero-order valence-corrected chi connectivity index (χ0v) is 15.3. The van der Waals surface area contributed by atoms with Crippen LogP contribution < -0.4 is 5.32 Å². The summed E-state index contributed by atoms with van der Waals surface area (Å²) in [5, 5.41) is 6.46. The monoisotopic (exact) mass is 407 g/mol. The zero-order valence-electron chi connectivity index (χ0n) is 15.3. The molecule has 0 spiro atoms. The minimum absolute atomic E-state index is 0.0196. The summed E-state index contributed by atoms with van der Waals surface area (Å²) in [6.45, 7) is 1.77. The molecule has 1 amide bonds. The molecule has 0 radical (unpaired) electrons. The van der Waals surface area contributed by atoms with Crippen LogP contribution in [0.5, 0.6) is 0 Å². The summed E-state index contributed by atoms with van der Waals surface area (Å²) in [6.07, 6.45) is -4.29. The van der Waals surface area contributed by atoms with Crippen molar-refractivity contribution in [3.8, 4) is 11.4 Å². The lowest BCUT2D eigenvalue weighted by Crippen LogP contribution is -2.26. The van der Waals surface area contributed by atoms with E-state index in [4.69, 9.17) is 4.52 Å². The Labute approximate surface area is 163 Å². The molecule has 1 atom stereocenters. The van der Waals surface area contributed by atoms with Crippen molar-refractivity contribution in [3.05, 3.63) is 71.4 Å². The predicted octanol–water partition coefficient (Wildman–Crippen LogP) is 4.70. The molecule has 3 aromatic rings. The van der Waals surface area contributed by atoms with E-state index in [1.165, 1.54) is 24.3 Å². The first-order chi connectivity index (χ1) is 13.7. The largest absolute Gasteiger partial charge is 0.416 e. The normalized spacial score (nSPS) is 12.6. The van der Waals surface area contributed by atoms with Gasteiger partial charge in [-0.25, -0.2) is 4.39 Å². The highest BCUT2D eigenvalue weighted by Gasteiger charge is 2.30. The summed E-state index contributed by atoms with van der Waals surface area (Å²) in [5.41, 5.74) is 0.115. The van der Waals surface area contributed by atoms with Gasteiger partial charge in [-0.2, -0.15) is 18.2 Å². The number of amides is 1. The third kappa shape index (κ3) is 5.40. The van der Waals surface area contributed by atoms with Crippen molar-refractivity contribution in [2.45, 2.75) is 32.0 Å². The van der Waals surface area contributed by atoms with Gasteiger partial charge in [0.25, 0.3) is 0 Å². The second-order valence-corrected chi connectivity index (χ2v) is 6.43. The number of carbonyl (C=O) groups excluding carboxylic acids is 1. The molecule has 1 N–H and O–H groups in total. The van der Waals surface area contributed by atoms with Crippen molar-refractivity contribution < 1.29 is 26.9 Å². The number of benzene rings is 2. The van der Waals surface area contributed by atoms with Gasteiger partial charge in [0, 0.05) is 18.4 Å². The van der Waals surface area contributed by atoms with Crippen molar-refractivity contribution >= 4 is 5.91 Å². The van der Waals surface area contributed by atoms with Crippen LogP contribution in [0.15, 0.2) is 53.1 Å². The van der Waals surface area contributed by atoms with Crippen molar-refractivity contribution in [2.24, 2.45) is 0 Å². The second kappa shape index (κ2) is 8.42. The maximum atomic E-state index is 13.0. The predicted molar refractivity (Wildman–Crippen MR) is 96.0 cm³/mol. The van der Waals surface area contributed by atoms with Gasteiger partial charge >= 0.3 is 6.18 Å². The number of nitrogens with zero attached hydrogens (tertiary/aromatic N) is 2. The average Bonchev–Trinajstić information content (AvgIpc) is 3.15. The molecule has 0 saturated heterocycles. The standard InChI is InChI=1S/C20H17F4N3O2/c1-12(13-5-7-16(21)8-6-13)25-17(28)9-10-18-26-19(27-29-18)14-3-2-4-15(11-14)20(22,23)24/h2-8,11-12H,9-10H2,1H3,(H,25,28)/t12-/m0/s1. The fourth-order valence-electron chi connectivity index (χ4n) is 2.68. The topological polar surface area (TPSA) is 68.0 Å². The molecule has 0 aliphatic carbocycles. The summed E-state index contributed by atoms with van der Waals surface area (Å²) >= 11 is 0. The third-order valence-corrected chi connectivity index (χ3v) is 4.23. The fraction of sp³-hybridized carbons (Fsp3) is 0.250. The van der Waals surface area contributed by atoms with Crippen LogP contribution in [0.25, 0.3) is 11.4 Å². The van der Waals surface area contributed by atoms with Crippen LogP contribution in [0.2, 0.25) is 0 Å². The van der Waals surface area contributed by atoms with E-state index < -0.39 is 11.7 Å². The van der Waals surface area contributed by atoms with E-state index in [1.807, 2.05) is 0 Å². The lowest BCUT2D eigenvalue weighted by molar-refractivity contribution is -0.137. The highest BCUT2D eigenvalue weighted by Crippen LogP contribution is 2.31. The molecule has 2 aromatic carbocycles. The van der Waals surface area contributed by atoms with E-state index in [0.29, 0.717) is 0 Å². The van der Waals surface area contributed by atoms with Gasteiger partial charge < -0.3 is 9.84 Å². The zero-order chi connectivity index (χ0) is 21.0. The second-order valence-electron chi connectivity index (χ2n) is 6.43. The molecule has 0 aliphatic rings. The van der Waals surface area contributed by atoms with Gasteiger partial charge in [0.1, 0.15) is 5.82 Å². The van der Waals surface area contributed by atoms with Crippen LogP contribution in [0.3, 0.4) is 0 Å². The van der Waals surface area contributed by atoms with Gasteiger partial charge in [-0.3, -0.25) is 4.79 Å². The SMILES string of the molecule is C[C@H](NC(=O)CCc1nc(-c2cccc(C(F)(F)F)c2)no1)c1ccc(F)cc1. The number of aromatic nitrogens is 2. The number of halogens is 4. The van der Waals surface area contributed by atoms with Crippen molar-refractivity contribution in [1.29, 1.82) is 0 Å². The maximum Gasteiger partial charge on any atom is 0.416 e. The molecule has 0 aliphatic heterocycles. The Hall–Kier alpha value is -3.23. The summed E-state index contributed by atoms with van der Waals surface area (Å²) in [4.78, 5) is 16.2. The summed E-state index contributed by atoms with van der Waals surface area (Å²) < 4.78 is 56.4. The van der Waals surface area contributed by atoms with Crippen LogP contribution in [-0.2, 0) is 17.4 Å². The number of carbonyl (C=O) groups is 1. The van der Waals surface area contributed by atoms with Gasteiger partial charge in [0.2, 0.25) is 17.6 Å². The first-order valence-electron chi connectivity index (χ1n) is 8.77. The summed E-state index contributed by atoms with van der Waals surface area (Å²) in [5.74, 6) is -0.478. The maximum absolute atomic E-state index is 13.0. The first kappa shape index (κ1) is 20.5. The number of alkyl halides is 3. The smallest absolute Gasteiger partial charge is 0.350 e. The average molecular weight is 407 g/mol. The van der Waals surface area contributed by atoms with Crippen molar-refractivity contribution in [1.82, 2.24) is 15.5 Å². The van der Waals surface area contributed by atoms with E-state index in [0.717, 1.165) is 17.7 Å². The molecule has 0 bridgehead atoms. The Kier molecular flexibility index (Phi) is 5.95. The van der Waals surface area contributed by atoms with Gasteiger partial charge in [-0.05, 0) is 36.8 Å². The number of nitrogens with one attached hydrogen (secondary N) is 1. The third-order valence-electron chi connectivity index (χ3n) is 4.23. The lowest BCUT2D eigenvalue weighted by Gasteiger charge is -2.13.